The molecule has 0 aromatic heterocycles. The van der Waals surface area contributed by atoms with Gasteiger partial charge in [0.25, 0.3) is 0 Å². The number of hydrogen-bond acceptors (Lipinski definition) is 4. The van der Waals surface area contributed by atoms with Crippen molar-refractivity contribution in [1.29, 1.82) is 0 Å². The van der Waals surface area contributed by atoms with Gasteiger partial charge in [-0.25, -0.2) is 13.2 Å². The van der Waals surface area contributed by atoms with Gasteiger partial charge in [-0.2, -0.15) is 0 Å². The highest BCUT2D eigenvalue weighted by atomic mass is 32.2. The molecule has 1 heterocycles. The molecule has 0 radical (unpaired) electrons. The van der Waals surface area contributed by atoms with Crippen LogP contribution in [0, 0.1) is 0 Å². The maximum atomic E-state index is 12.3. The first-order chi connectivity index (χ1) is 9.38. The third-order valence-corrected chi connectivity index (χ3v) is 4.30. The summed E-state index contributed by atoms with van der Waals surface area (Å²) in [6, 6.07) is 7.12. The van der Waals surface area contributed by atoms with Crippen LogP contribution in [-0.4, -0.2) is 51.0 Å². The largest absolute Gasteiger partial charge is 0.397 e. The van der Waals surface area contributed by atoms with Crippen molar-refractivity contribution >= 4 is 27.2 Å². The minimum absolute atomic E-state index is 0.101. The molecular weight excluding hydrogens is 278 g/mol. The zero-order chi connectivity index (χ0) is 14.8. The van der Waals surface area contributed by atoms with Crippen LogP contribution in [0.1, 0.15) is 6.42 Å². The molecule has 2 N–H and O–H groups in total. The maximum absolute atomic E-state index is 12.3. The molecule has 2 amide bonds. The molecule has 6 nitrogen and oxygen atoms in total. The van der Waals surface area contributed by atoms with Crippen LogP contribution in [0.5, 0.6) is 0 Å². The third kappa shape index (κ3) is 3.41. The van der Waals surface area contributed by atoms with Crippen molar-refractivity contribution in [3.8, 4) is 0 Å². The Morgan fingerprint density at radius 1 is 1.25 bits per heavy atom. The van der Waals surface area contributed by atoms with E-state index in [4.69, 9.17) is 5.73 Å². The molecule has 0 saturated carbocycles. The van der Waals surface area contributed by atoms with Crippen molar-refractivity contribution in [2.75, 3.05) is 42.3 Å². The lowest BCUT2D eigenvalue weighted by molar-refractivity contribution is 0.221. The molecule has 7 heteroatoms. The second-order valence-electron chi connectivity index (χ2n) is 4.96. The SMILES string of the molecule is CS(=O)(=O)CCCN1CCN(c2ccccc2N)C1=O. The number of benzene rings is 1. The Kier molecular flexibility index (Phi) is 4.17. The first-order valence-corrected chi connectivity index (χ1v) is 8.53. The van der Waals surface area contributed by atoms with Gasteiger partial charge in [-0.3, -0.25) is 4.90 Å². The molecule has 1 aliphatic heterocycles. The summed E-state index contributed by atoms with van der Waals surface area (Å²) in [5.41, 5.74) is 7.15. The lowest BCUT2D eigenvalue weighted by Crippen LogP contribution is -2.33. The maximum Gasteiger partial charge on any atom is 0.324 e. The molecule has 0 atom stereocenters. The van der Waals surface area contributed by atoms with E-state index < -0.39 is 9.84 Å². The van der Waals surface area contributed by atoms with Crippen LogP contribution in [0.3, 0.4) is 0 Å². The van der Waals surface area contributed by atoms with E-state index in [-0.39, 0.29) is 11.8 Å². The summed E-state index contributed by atoms with van der Waals surface area (Å²) in [6.07, 6.45) is 1.67. The van der Waals surface area contributed by atoms with Crippen LogP contribution in [0.2, 0.25) is 0 Å². The number of urea groups is 1. The number of amides is 2. The molecule has 20 heavy (non-hydrogen) atoms. The van der Waals surface area contributed by atoms with E-state index in [0.29, 0.717) is 37.4 Å². The van der Waals surface area contributed by atoms with E-state index in [0.717, 1.165) is 0 Å². The Labute approximate surface area is 119 Å². The third-order valence-electron chi connectivity index (χ3n) is 3.27. The second kappa shape index (κ2) is 5.70. The molecule has 2 rings (SSSR count). The molecule has 110 valence electrons. The van der Waals surface area contributed by atoms with Gasteiger partial charge >= 0.3 is 6.03 Å². The van der Waals surface area contributed by atoms with Crippen molar-refractivity contribution in [1.82, 2.24) is 4.90 Å². The van der Waals surface area contributed by atoms with Crippen molar-refractivity contribution in [2.24, 2.45) is 0 Å². The number of nitrogen functional groups attached to an aromatic ring is 1. The summed E-state index contributed by atoms with van der Waals surface area (Å²) >= 11 is 0. The molecule has 1 aromatic carbocycles. The molecule has 0 bridgehead atoms. The van der Waals surface area contributed by atoms with Crippen molar-refractivity contribution in [2.45, 2.75) is 6.42 Å². The molecular formula is C13H19N3O3S. The van der Waals surface area contributed by atoms with E-state index in [1.165, 1.54) is 6.26 Å². The molecule has 1 aromatic rings. The Balaban J connectivity index is 1.98. The van der Waals surface area contributed by atoms with Gasteiger partial charge in [-0.1, -0.05) is 12.1 Å². The van der Waals surface area contributed by atoms with E-state index in [2.05, 4.69) is 0 Å². The average molecular weight is 297 g/mol. The highest BCUT2D eigenvalue weighted by Gasteiger charge is 2.30. The summed E-state index contributed by atoms with van der Waals surface area (Å²) < 4.78 is 22.2. The van der Waals surface area contributed by atoms with Crippen molar-refractivity contribution in [3.63, 3.8) is 0 Å². The topological polar surface area (TPSA) is 83.7 Å². The van der Waals surface area contributed by atoms with Gasteiger partial charge in [-0.05, 0) is 18.6 Å². The Hall–Kier alpha value is -1.76. The van der Waals surface area contributed by atoms with Crippen LogP contribution < -0.4 is 10.6 Å². The lowest BCUT2D eigenvalue weighted by Gasteiger charge is -2.19. The first kappa shape index (κ1) is 14.6. The summed E-state index contributed by atoms with van der Waals surface area (Å²) in [4.78, 5) is 15.6. The van der Waals surface area contributed by atoms with E-state index in [1.807, 2.05) is 18.2 Å². The average Bonchev–Trinajstić information content (AvgIpc) is 2.70. The number of para-hydroxylation sites is 2. The standard InChI is InChI=1S/C13H19N3O3S/c1-20(18,19)10-4-7-15-8-9-16(13(15)17)12-6-3-2-5-11(12)14/h2-3,5-6H,4,7-10,14H2,1H3. The number of carbonyl (C=O) groups is 1. The monoisotopic (exact) mass is 297 g/mol. The summed E-state index contributed by atoms with van der Waals surface area (Å²) in [6.45, 7) is 1.62. The Bertz CT molecular complexity index is 601. The predicted molar refractivity (Wildman–Crippen MR) is 79.5 cm³/mol. The molecule has 0 unspecified atom stereocenters. The predicted octanol–water partition coefficient (Wildman–Crippen LogP) is 0.946. The van der Waals surface area contributed by atoms with Gasteiger partial charge in [-0.15, -0.1) is 0 Å². The van der Waals surface area contributed by atoms with Crippen LogP contribution in [-0.2, 0) is 9.84 Å². The normalized spacial score (nSPS) is 15.9. The molecule has 0 aliphatic carbocycles. The van der Waals surface area contributed by atoms with E-state index in [9.17, 15) is 13.2 Å². The zero-order valence-electron chi connectivity index (χ0n) is 11.4. The van der Waals surface area contributed by atoms with E-state index in [1.54, 1.807) is 15.9 Å². The van der Waals surface area contributed by atoms with Crippen LogP contribution in [0.25, 0.3) is 0 Å². The van der Waals surface area contributed by atoms with Gasteiger partial charge in [0.15, 0.2) is 0 Å². The molecule has 1 saturated heterocycles. The van der Waals surface area contributed by atoms with Crippen LogP contribution in [0.4, 0.5) is 16.2 Å². The fourth-order valence-corrected chi connectivity index (χ4v) is 2.92. The number of hydrogen-bond donors (Lipinski definition) is 1. The minimum atomic E-state index is -2.98. The summed E-state index contributed by atoms with van der Waals surface area (Å²) in [5, 5.41) is 0. The van der Waals surface area contributed by atoms with Crippen LogP contribution >= 0.6 is 0 Å². The highest BCUT2D eigenvalue weighted by Crippen LogP contribution is 2.26. The number of carbonyl (C=O) groups excluding carboxylic acids is 1. The van der Waals surface area contributed by atoms with E-state index >= 15 is 0 Å². The Morgan fingerprint density at radius 3 is 2.60 bits per heavy atom. The van der Waals surface area contributed by atoms with Gasteiger partial charge in [0, 0.05) is 25.9 Å². The van der Waals surface area contributed by atoms with Gasteiger partial charge < -0.3 is 10.6 Å². The fraction of sp³-hybridized carbons (Fsp3) is 0.462. The first-order valence-electron chi connectivity index (χ1n) is 6.47. The quantitative estimate of drug-likeness (QED) is 0.820. The minimum Gasteiger partial charge on any atom is -0.397 e. The Morgan fingerprint density at radius 2 is 1.95 bits per heavy atom. The number of nitrogens with two attached hydrogens (primary N) is 1. The molecule has 1 aliphatic rings. The molecule has 1 fully saturated rings. The van der Waals surface area contributed by atoms with Gasteiger partial charge in [0.2, 0.25) is 0 Å². The zero-order valence-corrected chi connectivity index (χ0v) is 12.3. The lowest BCUT2D eigenvalue weighted by atomic mass is 10.2. The summed E-state index contributed by atoms with van der Waals surface area (Å²) in [7, 11) is -2.98. The fourth-order valence-electron chi connectivity index (χ4n) is 2.26. The second-order valence-corrected chi connectivity index (χ2v) is 7.22. The van der Waals surface area contributed by atoms with Gasteiger partial charge in [0.1, 0.15) is 9.84 Å². The van der Waals surface area contributed by atoms with Gasteiger partial charge in [0.05, 0.1) is 17.1 Å². The number of anilines is 2. The van der Waals surface area contributed by atoms with Crippen molar-refractivity contribution in [3.05, 3.63) is 24.3 Å². The summed E-state index contributed by atoms with van der Waals surface area (Å²) in [5.74, 6) is 0.101. The number of nitrogens with zero attached hydrogens (tertiary/aromatic N) is 2. The van der Waals surface area contributed by atoms with Crippen LogP contribution in [0.15, 0.2) is 24.3 Å². The highest BCUT2D eigenvalue weighted by molar-refractivity contribution is 7.90. The number of rotatable bonds is 5. The molecule has 0 spiro atoms. The van der Waals surface area contributed by atoms with Crippen molar-refractivity contribution < 1.29 is 13.2 Å². The smallest absolute Gasteiger partial charge is 0.324 e. The number of sulfone groups is 1.